The smallest absolute Gasteiger partial charge is 0.326 e. The molecule has 1 fully saturated rings. The van der Waals surface area contributed by atoms with Crippen LogP contribution >= 0.6 is 11.5 Å². The van der Waals surface area contributed by atoms with E-state index in [1.807, 2.05) is 4.90 Å². The van der Waals surface area contributed by atoms with Crippen LogP contribution in [0, 0.1) is 0 Å². The van der Waals surface area contributed by atoms with Gasteiger partial charge in [-0.1, -0.05) is 20.8 Å². The molecule has 2 rings (SSSR count). The van der Waals surface area contributed by atoms with Gasteiger partial charge in [-0.15, -0.1) is 0 Å². The second-order valence-electron chi connectivity index (χ2n) is 5.34. The van der Waals surface area contributed by atoms with Crippen molar-refractivity contribution < 1.29 is 9.90 Å². The topological polar surface area (TPSA) is 66.3 Å². The lowest BCUT2D eigenvalue weighted by atomic mass is 9.96. The van der Waals surface area contributed by atoms with Gasteiger partial charge in [0.05, 0.1) is 0 Å². The number of aromatic nitrogens is 2. The predicted octanol–water partition coefficient (Wildman–Crippen LogP) is 1.89. The van der Waals surface area contributed by atoms with E-state index in [1.165, 1.54) is 11.5 Å². The number of aliphatic carboxylic acids is 1. The summed E-state index contributed by atoms with van der Waals surface area (Å²) in [5, 5.41) is 9.86. The van der Waals surface area contributed by atoms with Crippen molar-refractivity contribution in [1.82, 2.24) is 9.36 Å². The first-order valence-electron chi connectivity index (χ1n) is 5.73. The van der Waals surface area contributed by atoms with E-state index in [9.17, 15) is 4.79 Å². The zero-order chi connectivity index (χ0) is 12.6. The lowest BCUT2D eigenvalue weighted by Crippen LogP contribution is -2.35. The molecule has 2 heterocycles. The monoisotopic (exact) mass is 255 g/mol. The van der Waals surface area contributed by atoms with Crippen LogP contribution in [0.1, 0.15) is 39.4 Å². The highest BCUT2D eigenvalue weighted by Crippen LogP contribution is 2.30. The molecule has 1 N–H and O–H groups in total. The third-order valence-corrected chi connectivity index (χ3v) is 3.62. The molecule has 0 aromatic carbocycles. The lowest BCUT2D eigenvalue weighted by Gasteiger charge is -2.19. The minimum Gasteiger partial charge on any atom is -0.480 e. The van der Waals surface area contributed by atoms with Crippen LogP contribution in [0.2, 0.25) is 0 Å². The van der Waals surface area contributed by atoms with E-state index in [2.05, 4.69) is 30.1 Å². The Labute approximate surface area is 105 Å². The molecule has 0 radical (unpaired) electrons. The van der Waals surface area contributed by atoms with Crippen LogP contribution in [0.5, 0.6) is 0 Å². The summed E-state index contributed by atoms with van der Waals surface area (Å²) in [6.07, 6.45) is 1.60. The van der Waals surface area contributed by atoms with Crippen LogP contribution in [0.3, 0.4) is 0 Å². The van der Waals surface area contributed by atoms with Gasteiger partial charge < -0.3 is 10.0 Å². The summed E-state index contributed by atoms with van der Waals surface area (Å²) in [7, 11) is 0. The molecule has 0 saturated carbocycles. The Kier molecular flexibility index (Phi) is 3.07. The molecule has 5 nitrogen and oxygen atoms in total. The Hall–Kier alpha value is -1.17. The van der Waals surface area contributed by atoms with Gasteiger partial charge in [0.15, 0.2) is 0 Å². The fourth-order valence-corrected chi connectivity index (χ4v) is 2.82. The molecule has 94 valence electrons. The molecule has 1 saturated heterocycles. The second-order valence-corrected chi connectivity index (χ2v) is 6.07. The van der Waals surface area contributed by atoms with E-state index in [1.54, 1.807) is 0 Å². The minimum absolute atomic E-state index is 0.0901. The third kappa shape index (κ3) is 2.41. The van der Waals surface area contributed by atoms with E-state index in [4.69, 9.17) is 5.11 Å². The molecule has 0 unspecified atom stereocenters. The van der Waals surface area contributed by atoms with Gasteiger partial charge in [-0.25, -0.2) is 9.78 Å². The maximum atomic E-state index is 11.1. The molecular weight excluding hydrogens is 238 g/mol. The number of hydrogen-bond acceptors (Lipinski definition) is 5. The van der Waals surface area contributed by atoms with Gasteiger partial charge in [0, 0.05) is 23.5 Å². The SMILES string of the molecule is CC(C)(C)c1nsc(N2CCC[C@@H]2C(=O)O)n1. The van der Waals surface area contributed by atoms with Crippen LogP contribution in [-0.2, 0) is 10.2 Å². The molecule has 17 heavy (non-hydrogen) atoms. The average Bonchev–Trinajstić information content (AvgIpc) is 2.85. The predicted molar refractivity (Wildman–Crippen MR) is 66.6 cm³/mol. The maximum Gasteiger partial charge on any atom is 0.326 e. The summed E-state index contributed by atoms with van der Waals surface area (Å²) in [4.78, 5) is 17.4. The van der Waals surface area contributed by atoms with Crippen LogP contribution in [-0.4, -0.2) is 33.0 Å². The largest absolute Gasteiger partial charge is 0.480 e. The van der Waals surface area contributed by atoms with Crippen molar-refractivity contribution in [1.29, 1.82) is 0 Å². The molecule has 0 aliphatic carbocycles. The molecule has 0 bridgehead atoms. The Morgan fingerprint density at radius 3 is 2.76 bits per heavy atom. The molecule has 0 amide bonds. The van der Waals surface area contributed by atoms with Gasteiger partial charge in [-0.2, -0.15) is 4.37 Å². The number of hydrogen-bond donors (Lipinski definition) is 1. The van der Waals surface area contributed by atoms with E-state index in [-0.39, 0.29) is 5.41 Å². The van der Waals surface area contributed by atoms with Gasteiger partial charge in [0.1, 0.15) is 11.9 Å². The first-order valence-corrected chi connectivity index (χ1v) is 6.50. The van der Waals surface area contributed by atoms with Crippen molar-refractivity contribution in [3.63, 3.8) is 0 Å². The average molecular weight is 255 g/mol. The first-order chi connectivity index (χ1) is 7.89. The van der Waals surface area contributed by atoms with Crippen molar-refractivity contribution in [2.75, 3.05) is 11.4 Å². The van der Waals surface area contributed by atoms with E-state index < -0.39 is 12.0 Å². The number of carboxylic acid groups (broad SMARTS) is 1. The highest BCUT2D eigenvalue weighted by molar-refractivity contribution is 7.09. The summed E-state index contributed by atoms with van der Waals surface area (Å²) in [6.45, 7) is 6.92. The van der Waals surface area contributed by atoms with Crippen LogP contribution in [0.4, 0.5) is 5.13 Å². The normalized spacial score (nSPS) is 20.9. The quantitative estimate of drug-likeness (QED) is 0.874. The van der Waals surface area contributed by atoms with Gasteiger partial charge >= 0.3 is 5.97 Å². The highest BCUT2D eigenvalue weighted by atomic mass is 32.1. The molecule has 1 atom stereocenters. The summed E-state index contributed by atoms with van der Waals surface area (Å²) < 4.78 is 4.32. The molecule has 6 heteroatoms. The number of rotatable bonds is 2. The van der Waals surface area contributed by atoms with Crippen LogP contribution in [0.15, 0.2) is 0 Å². The third-order valence-electron chi connectivity index (χ3n) is 2.87. The first kappa shape index (κ1) is 12.3. The van der Waals surface area contributed by atoms with Crippen molar-refractivity contribution in [3.05, 3.63) is 5.82 Å². The number of anilines is 1. The van der Waals surface area contributed by atoms with E-state index >= 15 is 0 Å². The van der Waals surface area contributed by atoms with Crippen molar-refractivity contribution >= 4 is 22.6 Å². The number of nitrogens with zero attached hydrogens (tertiary/aromatic N) is 3. The number of carboxylic acids is 1. The van der Waals surface area contributed by atoms with Crippen LogP contribution < -0.4 is 4.90 Å². The van der Waals surface area contributed by atoms with E-state index in [0.29, 0.717) is 6.42 Å². The molecule has 1 aromatic heterocycles. The Balaban J connectivity index is 2.23. The van der Waals surface area contributed by atoms with E-state index in [0.717, 1.165) is 23.9 Å². The fraction of sp³-hybridized carbons (Fsp3) is 0.727. The molecular formula is C11H17N3O2S. The molecule has 1 aliphatic heterocycles. The van der Waals surface area contributed by atoms with Gasteiger partial charge in [0.25, 0.3) is 0 Å². The Morgan fingerprint density at radius 1 is 1.53 bits per heavy atom. The van der Waals surface area contributed by atoms with Gasteiger partial charge in [-0.05, 0) is 12.8 Å². The van der Waals surface area contributed by atoms with Gasteiger partial charge in [0.2, 0.25) is 5.13 Å². The van der Waals surface area contributed by atoms with Crippen molar-refractivity contribution in [2.24, 2.45) is 0 Å². The van der Waals surface area contributed by atoms with Crippen molar-refractivity contribution in [2.45, 2.75) is 45.1 Å². The summed E-state index contributed by atoms with van der Waals surface area (Å²) in [5.41, 5.74) is -0.0901. The summed E-state index contributed by atoms with van der Waals surface area (Å²) in [5.74, 6) is 0.0172. The fourth-order valence-electron chi connectivity index (χ4n) is 1.89. The van der Waals surface area contributed by atoms with Gasteiger partial charge in [-0.3, -0.25) is 0 Å². The summed E-state index contributed by atoms with van der Waals surface area (Å²) >= 11 is 1.30. The second kappa shape index (κ2) is 4.25. The molecule has 0 spiro atoms. The summed E-state index contributed by atoms with van der Waals surface area (Å²) in [6, 6.07) is -0.434. The zero-order valence-corrected chi connectivity index (χ0v) is 11.1. The van der Waals surface area contributed by atoms with Crippen LogP contribution in [0.25, 0.3) is 0 Å². The lowest BCUT2D eigenvalue weighted by molar-refractivity contribution is -0.138. The maximum absolute atomic E-state index is 11.1. The molecule has 1 aromatic rings. The Bertz CT molecular complexity index is 425. The Morgan fingerprint density at radius 2 is 2.24 bits per heavy atom. The minimum atomic E-state index is -0.769. The van der Waals surface area contributed by atoms with Crippen molar-refractivity contribution in [3.8, 4) is 0 Å². The highest BCUT2D eigenvalue weighted by Gasteiger charge is 2.33. The number of carbonyl (C=O) groups is 1. The zero-order valence-electron chi connectivity index (χ0n) is 10.3. The standard InChI is InChI=1S/C11H17N3O2S/c1-11(2,3)9-12-10(17-13-9)14-6-4-5-7(14)8(15)16/h7H,4-6H2,1-3H3,(H,15,16)/t7-/m1/s1. The molecule has 1 aliphatic rings.